The molecular formula is C9H10Cl2FNO. The van der Waals surface area contributed by atoms with Crippen molar-refractivity contribution in [2.75, 3.05) is 11.9 Å². The van der Waals surface area contributed by atoms with E-state index < -0.39 is 11.9 Å². The van der Waals surface area contributed by atoms with Crippen molar-refractivity contribution in [2.24, 2.45) is 0 Å². The first-order valence-corrected chi connectivity index (χ1v) is 4.82. The summed E-state index contributed by atoms with van der Waals surface area (Å²) in [5.41, 5.74) is 0.585. The van der Waals surface area contributed by atoms with Gasteiger partial charge in [-0.2, -0.15) is 0 Å². The molecule has 0 saturated carbocycles. The Hall–Kier alpha value is -0.510. The van der Waals surface area contributed by atoms with Crippen LogP contribution in [-0.2, 0) is 0 Å². The highest BCUT2D eigenvalue weighted by atomic mass is 35.5. The topological polar surface area (TPSA) is 32.3 Å². The number of aliphatic hydroxyl groups excluding tert-OH is 1. The Bertz CT molecular complexity index is 308. The zero-order valence-corrected chi connectivity index (χ0v) is 9.03. The SMILES string of the molecule is CC(O)CNc1cc(Cl)c(F)c(Cl)c1. The normalized spacial score (nSPS) is 12.6. The number of hydrogen-bond acceptors (Lipinski definition) is 2. The molecule has 0 heterocycles. The van der Waals surface area contributed by atoms with Gasteiger partial charge in [-0.15, -0.1) is 0 Å². The molecule has 2 N–H and O–H groups in total. The minimum absolute atomic E-state index is 0.0365. The van der Waals surface area contributed by atoms with Gasteiger partial charge in [0.05, 0.1) is 16.1 Å². The van der Waals surface area contributed by atoms with E-state index in [-0.39, 0.29) is 10.0 Å². The molecule has 1 unspecified atom stereocenters. The van der Waals surface area contributed by atoms with E-state index in [1.807, 2.05) is 0 Å². The number of hydrogen-bond donors (Lipinski definition) is 2. The van der Waals surface area contributed by atoms with Crippen molar-refractivity contribution in [3.05, 3.63) is 28.0 Å². The highest BCUT2D eigenvalue weighted by Gasteiger charge is 2.07. The van der Waals surface area contributed by atoms with Crippen LogP contribution in [0.1, 0.15) is 6.92 Å². The van der Waals surface area contributed by atoms with Gasteiger partial charge in [-0.05, 0) is 19.1 Å². The van der Waals surface area contributed by atoms with Crippen molar-refractivity contribution < 1.29 is 9.50 Å². The Kier molecular flexibility index (Phi) is 3.98. The molecular weight excluding hydrogens is 228 g/mol. The van der Waals surface area contributed by atoms with E-state index in [1.165, 1.54) is 12.1 Å². The molecule has 1 aromatic carbocycles. The third-order valence-corrected chi connectivity index (χ3v) is 2.14. The fourth-order valence-corrected chi connectivity index (χ4v) is 1.41. The quantitative estimate of drug-likeness (QED) is 0.793. The van der Waals surface area contributed by atoms with Gasteiger partial charge in [0.2, 0.25) is 0 Å². The van der Waals surface area contributed by atoms with E-state index in [9.17, 15) is 4.39 Å². The first-order valence-electron chi connectivity index (χ1n) is 4.07. The summed E-state index contributed by atoms with van der Waals surface area (Å²) in [4.78, 5) is 0. The van der Waals surface area contributed by atoms with Gasteiger partial charge < -0.3 is 10.4 Å². The number of aliphatic hydroxyl groups is 1. The second-order valence-corrected chi connectivity index (χ2v) is 3.80. The minimum Gasteiger partial charge on any atom is -0.392 e. The summed E-state index contributed by atoms with van der Waals surface area (Å²) in [6, 6.07) is 2.84. The van der Waals surface area contributed by atoms with Crippen molar-refractivity contribution in [2.45, 2.75) is 13.0 Å². The Balaban J connectivity index is 2.79. The van der Waals surface area contributed by atoms with Crippen LogP contribution in [-0.4, -0.2) is 17.8 Å². The highest BCUT2D eigenvalue weighted by molar-refractivity contribution is 6.35. The number of halogens is 3. The molecule has 0 fully saturated rings. The Labute approximate surface area is 91.6 Å². The van der Waals surface area contributed by atoms with E-state index >= 15 is 0 Å². The zero-order valence-electron chi connectivity index (χ0n) is 7.52. The van der Waals surface area contributed by atoms with E-state index in [2.05, 4.69) is 5.32 Å². The van der Waals surface area contributed by atoms with Gasteiger partial charge in [0.25, 0.3) is 0 Å². The van der Waals surface area contributed by atoms with Crippen molar-refractivity contribution in [3.8, 4) is 0 Å². The van der Waals surface area contributed by atoms with Crippen molar-refractivity contribution in [1.82, 2.24) is 0 Å². The van der Waals surface area contributed by atoms with Gasteiger partial charge in [0, 0.05) is 12.2 Å². The van der Waals surface area contributed by atoms with Crippen LogP contribution in [0.15, 0.2) is 12.1 Å². The summed E-state index contributed by atoms with van der Waals surface area (Å²) in [5.74, 6) is -0.629. The lowest BCUT2D eigenvalue weighted by Gasteiger charge is -2.09. The van der Waals surface area contributed by atoms with Crippen LogP contribution < -0.4 is 5.32 Å². The third kappa shape index (κ3) is 3.01. The average molecular weight is 238 g/mol. The molecule has 5 heteroatoms. The molecule has 14 heavy (non-hydrogen) atoms. The van der Waals surface area contributed by atoms with Gasteiger partial charge in [0.15, 0.2) is 5.82 Å². The van der Waals surface area contributed by atoms with E-state index in [4.69, 9.17) is 28.3 Å². The lowest BCUT2D eigenvalue weighted by Crippen LogP contribution is -2.15. The maximum absolute atomic E-state index is 13.0. The van der Waals surface area contributed by atoms with Crippen LogP contribution in [0.2, 0.25) is 10.0 Å². The van der Waals surface area contributed by atoms with Gasteiger partial charge in [-0.25, -0.2) is 4.39 Å². The summed E-state index contributed by atoms with van der Waals surface area (Å²) in [7, 11) is 0. The van der Waals surface area contributed by atoms with E-state index in [0.29, 0.717) is 12.2 Å². The van der Waals surface area contributed by atoms with Crippen molar-refractivity contribution in [3.63, 3.8) is 0 Å². The molecule has 0 aliphatic rings. The number of anilines is 1. The van der Waals surface area contributed by atoms with Gasteiger partial charge in [0.1, 0.15) is 0 Å². The van der Waals surface area contributed by atoms with E-state index in [1.54, 1.807) is 6.92 Å². The number of rotatable bonds is 3. The molecule has 2 nitrogen and oxygen atoms in total. The lowest BCUT2D eigenvalue weighted by atomic mass is 10.3. The molecule has 0 spiro atoms. The van der Waals surface area contributed by atoms with Gasteiger partial charge >= 0.3 is 0 Å². The standard InChI is InChI=1S/C9H10Cl2FNO/c1-5(14)4-13-6-2-7(10)9(12)8(11)3-6/h2-3,5,13-14H,4H2,1H3. The fourth-order valence-electron chi connectivity index (χ4n) is 0.923. The molecule has 0 aliphatic heterocycles. The second kappa shape index (κ2) is 4.82. The van der Waals surface area contributed by atoms with Crippen LogP contribution >= 0.6 is 23.2 Å². The van der Waals surface area contributed by atoms with E-state index in [0.717, 1.165) is 0 Å². The maximum Gasteiger partial charge on any atom is 0.160 e. The molecule has 0 radical (unpaired) electrons. The summed E-state index contributed by atoms with van der Waals surface area (Å²) < 4.78 is 13.0. The molecule has 1 aromatic rings. The van der Waals surface area contributed by atoms with Crippen molar-refractivity contribution >= 4 is 28.9 Å². The molecule has 0 amide bonds. The maximum atomic E-state index is 13.0. The van der Waals surface area contributed by atoms with Crippen LogP contribution in [0.5, 0.6) is 0 Å². The highest BCUT2D eigenvalue weighted by Crippen LogP contribution is 2.27. The molecule has 0 bridgehead atoms. The van der Waals surface area contributed by atoms with Gasteiger partial charge in [-0.1, -0.05) is 23.2 Å². The van der Waals surface area contributed by atoms with Crippen LogP contribution in [0.3, 0.4) is 0 Å². The van der Waals surface area contributed by atoms with Crippen LogP contribution in [0.25, 0.3) is 0 Å². The smallest absolute Gasteiger partial charge is 0.160 e. The van der Waals surface area contributed by atoms with Crippen LogP contribution in [0, 0.1) is 5.82 Å². The van der Waals surface area contributed by atoms with Gasteiger partial charge in [-0.3, -0.25) is 0 Å². The molecule has 0 saturated heterocycles. The Morgan fingerprint density at radius 3 is 2.36 bits per heavy atom. The molecule has 1 atom stereocenters. The van der Waals surface area contributed by atoms with Crippen LogP contribution in [0.4, 0.5) is 10.1 Å². The molecule has 78 valence electrons. The predicted octanol–water partition coefficient (Wildman–Crippen LogP) is 2.93. The second-order valence-electron chi connectivity index (χ2n) is 2.98. The minimum atomic E-state index is -0.629. The largest absolute Gasteiger partial charge is 0.392 e. The first-order chi connectivity index (χ1) is 6.50. The van der Waals surface area contributed by atoms with Crippen molar-refractivity contribution in [1.29, 1.82) is 0 Å². The Morgan fingerprint density at radius 2 is 1.93 bits per heavy atom. The first kappa shape index (κ1) is 11.6. The molecule has 0 aromatic heterocycles. The lowest BCUT2D eigenvalue weighted by molar-refractivity contribution is 0.208. The molecule has 0 aliphatic carbocycles. The summed E-state index contributed by atoms with van der Waals surface area (Å²) in [6.45, 7) is 2.00. The zero-order chi connectivity index (χ0) is 10.7. The predicted molar refractivity (Wildman–Crippen MR) is 56.6 cm³/mol. The number of nitrogens with one attached hydrogen (secondary N) is 1. The average Bonchev–Trinajstić information content (AvgIpc) is 2.10. The summed E-state index contributed by atoms with van der Waals surface area (Å²) in [6.07, 6.45) is -0.488. The third-order valence-electron chi connectivity index (χ3n) is 1.59. The summed E-state index contributed by atoms with van der Waals surface area (Å²) >= 11 is 11.1. The number of benzene rings is 1. The fraction of sp³-hybridized carbons (Fsp3) is 0.333. The monoisotopic (exact) mass is 237 g/mol. The molecule has 1 rings (SSSR count). The Morgan fingerprint density at radius 1 is 1.43 bits per heavy atom. The summed E-state index contributed by atoms with van der Waals surface area (Å²) in [5, 5.41) is 11.8.